The predicted octanol–water partition coefficient (Wildman–Crippen LogP) is 2.95. The van der Waals surface area contributed by atoms with Crippen molar-refractivity contribution in [3.63, 3.8) is 0 Å². The summed E-state index contributed by atoms with van der Waals surface area (Å²) in [5, 5.41) is 23.8. The van der Waals surface area contributed by atoms with Crippen molar-refractivity contribution in [3.8, 4) is 12.3 Å². The number of pyridine rings is 1. The Balaban J connectivity index is 2.31. The molecule has 6 N–H and O–H groups in total. The molecule has 3 rings (SSSR count). The average molecular weight is 425 g/mol. The molecule has 0 bridgehead atoms. The molecule has 2 heterocycles. The number of fused-ring (bicyclic) bond motifs is 1. The number of nitrogens with two attached hydrogens (primary N) is 2. The Morgan fingerprint density at radius 3 is 2.67 bits per heavy atom. The second kappa shape index (κ2) is 7.14. The van der Waals surface area contributed by atoms with Gasteiger partial charge in [-0.15, -0.1) is 0 Å². The number of nitrogens with zero attached hydrogens (tertiary/aromatic N) is 4. The van der Waals surface area contributed by atoms with E-state index in [4.69, 9.17) is 16.7 Å². The Kier molecular flexibility index (Phi) is 4.89. The van der Waals surface area contributed by atoms with Crippen molar-refractivity contribution in [2.45, 2.75) is 25.8 Å². The highest BCUT2D eigenvalue weighted by molar-refractivity contribution is 9.10. The number of nitrogen functional groups attached to an aromatic ring is 2. The Morgan fingerprint density at radius 1 is 1.30 bits per heavy atom. The Bertz CT molecular complexity index is 1030. The van der Waals surface area contributed by atoms with Crippen LogP contribution in [-0.4, -0.2) is 10.9 Å². The fraction of sp³-hybridized carbons (Fsp3) is 0.222. The molecule has 0 fully saturated rings. The van der Waals surface area contributed by atoms with E-state index in [0.717, 1.165) is 15.6 Å². The first-order valence-electron chi connectivity index (χ1n) is 8.15. The largest absolute Gasteiger partial charge is 0.397 e. The number of nitrogens with one attached hydrogen (secondary N) is 2. The summed E-state index contributed by atoms with van der Waals surface area (Å²) in [7, 11) is 0. The summed E-state index contributed by atoms with van der Waals surface area (Å²) in [5.41, 5.74) is 15.0. The second-order valence-electron chi connectivity index (χ2n) is 6.33. The number of aliphatic imine (C=N–C) groups is 1. The number of guanidine groups is 1. The van der Waals surface area contributed by atoms with Gasteiger partial charge in [-0.3, -0.25) is 5.32 Å². The summed E-state index contributed by atoms with van der Waals surface area (Å²) in [4.78, 5) is 8.88. The average Bonchev–Trinajstić information content (AvgIpc) is 2.61. The first-order chi connectivity index (χ1) is 12.9. The molecule has 1 atom stereocenters. The molecular formula is C18H17BrN8. The van der Waals surface area contributed by atoms with E-state index in [9.17, 15) is 5.26 Å². The maximum atomic E-state index is 9.41. The van der Waals surface area contributed by atoms with Crippen molar-refractivity contribution in [1.29, 1.82) is 10.5 Å². The van der Waals surface area contributed by atoms with Crippen LogP contribution < -0.4 is 22.1 Å². The van der Waals surface area contributed by atoms with Gasteiger partial charge in [0.15, 0.2) is 6.19 Å². The van der Waals surface area contributed by atoms with Crippen LogP contribution in [0.4, 0.5) is 17.3 Å². The highest BCUT2D eigenvalue weighted by atomic mass is 79.9. The molecule has 1 aliphatic rings. The van der Waals surface area contributed by atoms with Crippen LogP contribution in [-0.2, 0) is 0 Å². The van der Waals surface area contributed by atoms with Crippen LogP contribution in [0.5, 0.6) is 0 Å². The van der Waals surface area contributed by atoms with Gasteiger partial charge in [-0.05, 0) is 29.2 Å². The molecule has 0 spiro atoms. The van der Waals surface area contributed by atoms with Gasteiger partial charge in [0, 0.05) is 10.0 Å². The van der Waals surface area contributed by atoms with E-state index in [1.165, 1.54) is 0 Å². The summed E-state index contributed by atoms with van der Waals surface area (Å²) in [5.74, 6) is 0.859. The number of halogens is 1. The van der Waals surface area contributed by atoms with E-state index in [-0.39, 0.29) is 28.9 Å². The monoisotopic (exact) mass is 424 g/mol. The number of aromatic nitrogens is 1. The molecular weight excluding hydrogens is 408 g/mol. The van der Waals surface area contributed by atoms with Crippen molar-refractivity contribution >= 4 is 39.2 Å². The van der Waals surface area contributed by atoms with Gasteiger partial charge in [-0.2, -0.15) is 10.5 Å². The number of anilines is 3. The van der Waals surface area contributed by atoms with Gasteiger partial charge < -0.3 is 16.8 Å². The van der Waals surface area contributed by atoms with Gasteiger partial charge in [0.25, 0.3) is 0 Å². The second-order valence-corrected chi connectivity index (χ2v) is 7.25. The molecule has 9 heteroatoms. The Hall–Kier alpha value is -3.30. The van der Waals surface area contributed by atoms with Crippen LogP contribution in [0.25, 0.3) is 0 Å². The summed E-state index contributed by atoms with van der Waals surface area (Å²) in [6.45, 7) is 4.16. The number of hydrogen-bond acceptors (Lipinski definition) is 8. The fourth-order valence-corrected chi connectivity index (χ4v) is 3.48. The standard InChI is InChI=1S/C18H17BrN8/c1-8(2)11-5-9(19)3-4-10(11)15-13-14(22)12(6-20)16(23)26-17(13)27-18(25-15)24-7-21/h3-5,8,15H,1-2H3,(H6,22,23,24,25,26,27). The first-order valence-corrected chi connectivity index (χ1v) is 8.94. The number of hydrogen-bond donors (Lipinski definition) is 4. The highest BCUT2D eigenvalue weighted by Gasteiger charge is 2.31. The molecule has 2 aromatic rings. The maximum absolute atomic E-state index is 9.41. The predicted molar refractivity (Wildman–Crippen MR) is 108 cm³/mol. The third-order valence-corrected chi connectivity index (χ3v) is 4.82. The topological polar surface area (TPSA) is 149 Å². The van der Waals surface area contributed by atoms with Crippen molar-refractivity contribution in [1.82, 2.24) is 10.3 Å². The lowest BCUT2D eigenvalue weighted by atomic mass is 9.88. The summed E-state index contributed by atoms with van der Waals surface area (Å²) < 4.78 is 0.949. The molecule has 0 saturated heterocycles. The van der Waals surface area contributed by atoms with Crippen molar-refractivity contribution in [3.05, 3.63) is 44.9 Å². The van der Waals surface area contributed by atoms with E-state index >= 15 is 0 Å². The zero-order valence-corrected chi connectivity index (χ0v) is 16.3. The minimum Gasteiger partial charge on any atom is -0.397 e. The minimum atomic E-state index is -0.539. The molecule has 8 nitrogen and oxygen atoms in total. The van der Waals surface area contributed by atoms with E-state index in [0.29, 0.717) is 11.4 Å². The molecule has 136 valence electrons. The maximum Gasteiger partial charge on any atom is 0.211 e. The molecule has 1 unspecified atom stereocenters. The van der Waals surface area contributed by atoms with Crippen LogP contribution in [0.2, 0.25) is 0 Å². The van der Waals surface area contributed by atoms with Crippen LogP contribution in [0, 0.1) is 22.8 Å². The van der Waals surface area contributed by atoms with Gasteiger partial charge in [-0.1, -0.05) is 35.8 Å². The first kappa shape index (κ1) is 18.5. The van der Waals surface area contributed by atoms with Gasteiger partial charge in [-0.25, -0.2) is 9.98 Å². The lowest BCUT2D eigenvalue weighted by Gasteiger charge is -2.28. The number of rotatable bonds is 2. The van der Waals surface area contributed by atoms with Gasteiger partial charge in [0.2, 0.25) is 5.96 Å². The molecule has 0 radical (unpaired) electrons. The van der Waals surface area contributed by atoms with Crippen molar-refractivity contribution in [2.24, 2.45) is 4.99 Å². The molecule has 0 saturated carbocycles. The molecule has 0 aliphatic carbocycles. The minimum absolute atomic E-state index is 0.0260. The summed E-state index contributed by atoms with van der Waals surface area (Å²) in [6, 6.07) is 7.37. The molecule has 27 heavy (non-hydrogen) atoms. The van der Waals surface area contributed by atoms with E-state index in [2.05, 4.69) is 50.4 Å². The molecule has 1 aliphatic heterocycles. The third kappa shape index (κ3) is 3.25. The number of nitriles is 2. The van der Waals surface area contributed by atoms with E-state index in [1.807, 2.05) is 30.5 Å². The smallest absolute Gasteiger partial charge is 0.211 e. The van der Waals surface area contributed by atoms with E-state index < -0.39 is 6.04 Å². The number of benzene rings is 1. The SMILES string of the molecule is CC(C)c1cc(Br)ccc1C1N=C(NC#N)Nc2nc(N)c(C#N)c(N)c21. The molecule has 1 aromatic heterocycles. The quantitative estimate of drug-likeness (QED) is 0.427. The van der Waals surface area contributed by atoms with Crippen molar-refractivity contribution in [2.75, 3.05) is 16.8 Å². The van der Waals surface area contributed by atoms with Crippen molar-refractivity contribution < 1.29 is 0 Å². The van der Waals surface area contributed by atoms with Gasteiger partial charge in [0.05, 0.1) is 5.69 Å². The van der Waals surface area contributed by atoms with Gasteiger partial charge >= 0.3 is 0 Å². The van der Waals surface area contributed by atoms with Crippen LogP contribution in [0.15, 0.2) is 27.7 Å². The third-order valence-electron chi connectivity index (χ3n) is 4.32. The Labute approximate surface area is 165 Å². The van der Waals surface area contributed by atoms with Gasteiger partial charge in [0.1, 0.15) is 29.3 Å². The zero-order chi connectivity index (χ0) is 19.7. The normalized spacial score (nSPS) is 15.2. The lowest BCUT2D eigenvalue weighted by molar-refractivity contribution is 0.785. The lowest BCUT2D eigenvalue weighted by Crippen LogP contribution is -2.33. The summed E-state index contributed by atoms with van der Waals surface area (Å²) in [6.07, 6.45) is 1.85. The van der Waals surface area contributed by atoms with Crippen LogP contribution >= 0.6 is 15.9 Å². The fourth-order valence-electron chi connectivity index (χ4n) is 3.10. The Morgan fingerprint density at radius 2 is 2.04 bits per heavy atom. The molecule has 0 amide bonds. The molecule has 1 aromatic carbocycles. The zero-order valence-electron chi connectivity index (χ0n) is 14.7. The highest BCUT2D eigenvalue weighted by Crippen LogP contribution is 2.42. The summed E-state index contributed by atoms with van der Waals surface area (Å²) >= 11 is 3.50. The van der Waals surface area contributed by atoms with E-state index in [1.54, 1.807) is 0 Å². The van der Waals surface area contributed by atoms with Crippen LogP contribution in [0.1, 0.15) is 48.1 Å². The van der Waals surface area contributed by atoms with Crippen LogP contribution in [0.3, 0.4) is 0 Å².